The standard InChI is InChI=1S/C21H26N4O2/c1-15(24-12-5-8-17(14-24)25-13-11-22-21(25)27)20(26)23-19-10-4-7-16-6-2-3-9-18(16)19/h2-4,6-7,9-10,15,17H,5,8,11-14H2,1H3,(H,22,27)(H,23,26). The van der Waals surface area contributed by atoms with Crippen LogP contribution in [0.25, 0.3) is 10.8 Å². The van der Waals surface area contributed by atoms with Gasteiger partial charge in [-0.05, 0) is 37.8 Å². The largest absolute Gasteiger partial charge is 0.336 e. The van der Waals surface area contributed by atoms with E-state index in [9.17, 15) is 9.59 Å². The van der Waals surface area contributed by atoms with E-state index in [1.54, 1.807) is 0 Å². The van der Waals surface area contributed by atoms with E-state index < -0.39 is 0 Å². The highest BCUT2D eigenvalue weighted by Crippen LogP contribution is 2.24. The average Bonchev–Trinajstić information content (AvgIpc) is 3.13. The number of rotatable bonds is 4. The van der Waals surface area contributed by atoms with Crippen LogP contribution in [0, 0.1) is 0 Å². The fraction of sp³-hybridized carbons (Fsp3) is 0.429. The van der Waals surface area contributed by atoms with E-state index in [0.29, 0.717) is 6.54 Å². The number of hydrogen-bond donors (Lipinski definition) is 2. The van der Waals surface area contributed by atoms with Crippen LogP contribution in [0.2, 0.25) is 0 Å². The molecule has 3 amide bonds. The maximum absolute atomic E-state index is 12.9. The molecule has 2 aromatic rings. The summed E-state index contributed by atoms with van der Waals surface area (Å²) in [7, 11) is 0. The molecular weight excluding hydrogens is 340 g/mol. The van der Waals surface area contributed by atoms with Crippen molar-refractivity contribution in [3.8, 4) is 0 Å². The molecule has 2 saturated heterocycles. The molecule has 2 aliphatic rings. The zero-order valence-corrected chi connectivity index (χ0v) is 15.6. The van der Waals surface area contributed by atoms with Gasteiger partial charge in [-0.15, -0.1) is 0 Å². The number of benzene rings is 2. The van der Waals surface area contributed by atoms with Gasteiger partial charge >= 0.3 is 6.03 Å². The van der Waals surface area contributed by atoms with Crippen molar-refractivity contribution in [2.75, 3.05) is 31.5 Å². The number of likely N-dealkylation sites (tertiary alicyclic amines) is 1. The second kappa shape index (κ2) is 7.56. The van der Waals surface area contributed by atoms with Crippen molar-refractivity contribution in [1.82, 2.24) is 15.1 Å². The summed E-state index contributed by atoms with van der Waals surface area (Å²) in [4.78, 5) is 29.0. The Labute approximate surface area is 159 Å². The number of urea groups is 1. The van der Waals surface area contributed by atoms with E-state index in [2.05, 4.69) is 15.5 Å². The highest BCUT2D eigenvalue weighted by Gasteiger charge is 2.34. The number of carbonyl (C=O) groups excluding carboxylic acids is 2. The SMILES string of the molecule is CC(C(=O)Nc1cccc2ccccc12)N1CCCC(N2CCNC2=O)C1. The van der Waals surface area contributed by atoms with E-state index in [4.69, 9.17) is 0 Å². The van der Waals surface area contributed by atoms with Crippen molar-refractivity contribution in [3.63, 3.8) is 0 Å². The lowest BCUT2D eigenvalue weighted by atomic mass is 10.0. The maximum Gasteiger partial charge on any atom is 0.317 e. The Kier molecular flexibility index (Phi) is 4.99. The van der Waals surface area contributed by atoms with Crippen LogP contribution in [0.4, 0.5) is 10.5 Å². The van der Waals surface area contributed by atoms with E-state index in [-0.39, 0.29) is 24.0 Å². The van der Waals surface area contributed by atoms with Crippen LogP contribution < -0.4 is 10.6 Å². The van der Waals surface area contributed by atoms with Gasteiger partial charge < -0.3 is 15.5 Å². The summed E-state index contributed by atoms with van der Waals surface area (Å²) in [6.07, 6.45) is 2.00. The topological polar surface area (TPSA) is 64.7 Å². The molecule has 2 fully saturated rings. The number of anilines is 1. The van der Waals surface area contributed by atoms with Gasteiger partial charge in [0, 0.05) is 36.7 Å². The lowest BCUT2D eigenvalue weighted by molar-refractivity contribution is -0.121. The van der Waals surface area contributed by atoms with Crippen molar-refractivity contribution in [2.45, 2.75) is 31.8 Å². The first-order chi connectivity index (χ1) is 13.1. The minimum absolute atomic E-state index is 0.00197. The minimum Gasteiger partial charge on any atom is -0.336 e. The van der Waals surface area contributed by atoms with Crippen molar-refractivity contribution in [1.29, 1.82) is 0 Å². The third kappa shape index (κ3) is 3.62. The monoisotopic (exact) mass is 366 g/mol. The van der Waals surface area contributed by atoms with Crippen molar-refractivity contribution >= 4 is 28.4 Å². The van der Waals surface area contributed by atoms with Gasteiger partial charge in [0.1, 0.15) is 0 Å². The summed E-state index contributed by atoms with van der Waals surface area (Å²) in [6.45, 7) is 5.06. The fourth-order valence-corrected chi connectivity index (χ4v) is 4.16. The molecule has 4 rings (SSSR count). The lowest BCUT2D eigenvalue weighted by Gasteiger charge is -2.39. The molecule has 2 atom stereocenters. The first kappa shape index (κ1) is 17.8. The summed E-state index contributed by atoms with van der Waals surface area (Å²) in [5, 5.41) is 8.13. The van der Waals surface area contributed by atoms with Gasteiger partial charge in [-0.3, -0.25) is 9.69 Å². The van der Waals surface area contributed by atoms with Gasteiger partial charge in [0.2, 0.25) is 5.91 Å². The van der Waals surface area contributed by atoms with Crippen molar-refractivity contribution in [3.05, 3.63) is 42.5 Å². The summed E-state index contributed by atoms with van der Waals surface area (Å²) < 4.78 is 0. The molecule has 2 aliphatic heterocycles. The number of carbonyl (C=O) groups is 2. The van der Waals surface area contributed by atoms with E-state index in [1.165, 1.54) is 0 Å². The summed E-state index contributed by atoms with van der Waals surface area (Å²) in [6, 6.07) is 14.0. The number of amides is 3. The predicted octanol–water partition coefficient (Wildman–Crippen LogP) is 2.66. The molecule has 2 N–H and O–H groups in total. The molecule has 27 heavy (non-hydrogen) atoms. The van der Waals surface area contributed by atoms with Crippen LogP contribution in [0.15, 0.2) is 42.5 Å². The normalized spacial score (nSPS) is 21.9. The van der Waals surface area contributed by atoms with Crippen LogP contribution in [-0.4, -0.2) is 60.0 Å². The molecule has 2 aromatic carbocycles. The van der Waals surface area contributed by atoms with E-state index in [1.807, 2.05) is 54.3 Å². The Balaban J connectivity index is 1.44. The Morgan fingerprint density at radius 2 is 2.00 bits per heavy atom. The lowest BCUT2D eigenvalue weighted by Crippen LogP contribution is -2.53. The van der Waals surface area contributed by atoms with Crippen LogP contribution >= 0.6 is 0 Å². The highest BCUT2D eigenvalue weighted by atomic mass is 16.2. The second-order valence-electron chi connectivity index (χ2n) is 7.41. The van der Waals surface area contributed by atoms with Gasteiger partial charge in [0.25, 0.3) is 0 Å². The zero-order chi connectivity index (χ0) is 18.8. The Morgan fingerprint density at radius 1 is 1.19 bits per heavy atom. The molecule has 6 nitrogen and oxygen atoms in total. The molecule has 0 spiro atoms. The van der Waals surface area contributed by atoms with Gasteiger partial charge in [0.05, 0.1) is 6.04 Å². The molecule has 0 bridgehead atoms. The van der Waals surface area contributed by atoms with Gasteiger partial charge in [-0.25, -0.2) is 4.79 Å². The first-order valence-electron chi connectivity index (χ1n) is 9.70. The predicted molar refractivity (Wildman–Crippen MR) is 107 cm³/mol. The summed E-state index contributed by atoms with van der Waals surface area (Å²) in [5.41, 5.74) is 0.845. The Bertz CT molecular complexity index is 848. The number of hydrogen-bond acceptors (Lipinski definition) is 3. The van der Waals surface area contributed by atoms with Gasteiger partial charge in [-0.1, -0.05) is 36.4 Å². The summed E-state index contributed by atoms with van der Waals surface area (Å²) >= 11 is 0. The first-order valence-corrected chi connectivity index (χ1v) is 9.70. The van der Waals surface area contributed by atoms with Gasteiger partial charge in [-0.2, -0.15) is 0 Å². The van der Waals surface area contributed by atoms with E-state index in [0.717, 1.165) is 48.9 Å². The Hall–Kier alpha value is -2.60. The molecule has 0 radical (unpaired) electrons. The fourth-order valence-electron chi connectivity index (χ4n) is 4.16. The van der Waals surface area contributed by atoms with Crippen LogP contribution in [-0.2, 0) is 4.79 Å². The van der Waals surface area contributed by atoms with Crippen LogP contribution in [0.5, 0.6) is 0 Å². The van der Waals surface area contributed by atoms with E-state index >= 15 is 0 Å². The number of piperidine rings is 1. The second-order valence-corrected chi connectivity index (χ2v) is 7.41. The average molecular weight is 366 g/mol. The van der Waals surface area contributed by atoms with Gasteiger partial charge in [0.15, 0.2) is 0 Å². The molecule has 142 valence electrons. The molecule has 0 saturated carbocycles. The molecule has 0 aliphatic carbocycles. The third-order valence-corrected chi connectivity index (χ3v) is 5.73. The molecule has 2 heterocycles. The molecule has 0 aromatic heterocycles. The van der Waals surface area contributed by atoms with Crippen LogP contribution in [0.3, 0.4) is 0 Å². The Morgan fingerprint density at radius 3 is 2.81 bits per heavy atom. The van der Waals surface area contributed by atoms with Crippen LogP contribution in [0.1, 0.15) is 19.8 Å². The number of nitrogens with one attached hydrogen (secondary N) is 2. The zero-order valence-electron chi connectivity index (χ0n) is 15.6. The third-order valence-electron chi connectivity index (χ3n) is 5.73. The molecule has 6 heteroatoms. The minimum atomic E-state index is -0.238. The maximum atomic E-state index is 12.9. The smallest absolute Gasteiger partial charge is 0.317 e. The quantitative estimate of drug-likeness (QED) is 0.874. The number of nitrogens with zero attached hydrogens (tertiary/aromatic N) is 2. The summed E-state index contributed by atoms with van der Waals surface area (Å²) in [5.74, 6) is -0.00197. The molecule has 2 unspecified atom stereocenters. The van der Waals surface area contributed by atoms with Crippen molar-refractivity contribution < 1.29 is 9.59 Å². The molecular formula is C21H26N4O2. The highest BCUT2D eigenvalue weighted by molar-refractivity contribution is 6.03. The number of fused-ring (bicyclic) bond motifs is 1. The van der Waals surface area contributed by atoms with Crippen molar-refractivity contribution in [2.24, 2.45) is 0 Å².